The molecule has 0 aromatic heterocycles. The molecule has 0 aliphatic rings. The molecule has 23 heavy (non-hydrogen) atoms. The van der Waals surface area contributed by atoms with Crippen LogP contribution in [-0.4, -0.2) is 31.8 Å². The van der Waals surface area contributed by atoms with Crippen LogP contribution in [0.2, 0.25) is 0 Å². The number of carbonyl (C=O) groups excluding carboxylic acids is 2. The fraction of sp³-hybridized carbons (Fsp3) is 0.556. The van der Waals surface area contributed by atoms with Crippen LogP contribution in [-0.2, 0) is 9.47 Å². The number of rotatable bonds is 8. The molecule has 0 saturated heterocycles. The van der Waals surface area contributed by atoms with Gasteiger partial charge in [-0.25, -0.2) is 9.59 Å². The quantitative estimate of drug-likeness (QED) is 0.583. The monoisotopic (exact) mass is 321 g/mol. The summed E-state index contributed by atoms with van der Waals surface area (Å²) in [5.41, 5.74) is 1.58. The number of carbonyl (C=O) groups is 2. The Balaban J connectivity index is 2.53. The molecule has 0 saturated carbocycles. The maximum Gasteiger partial charge on any atom is 0.407 e. The van der Waals surface area contributed by atoms with Crippen molar-refractivity contribution in [3.8, 4) is 0 Å². The van der Waals surface area contributed by atoms with Crippen LogP contribution in [0.4, 0.5) is 4.79 Å². The van der Waals surface area contributed by atoms with Crippen molar-refractivity contribution < 1.29 is 19.1 Å². The minimum atomic E-state index is -0.374. The number of benzene rings is 1. The van der Waals surface area contributed by atoms with E-state index in [0.29, 0.717) is 12.2 Å². The Kier molecular flexibility index (Phi) is 8.16. The summed E-state index contributed by atoms with van der Waals surface area (Å²) in [5.74, 6) is -0.143. The van der Waals surface area contributed by atoms with Crippen molar-refractivity contribution in [3.63, 3.8) is 0 Å². The molecular weight excluding hydrogens is 294 g/mol. The van der Waals surface area contributed by atoms with E-state index >= 15 is 0 Å². The molecule has 5 heteroatoms. The summed E-state index contributed by atoms with van der Waals surface area (Å²) >= 11 is 0. The standard InChI is InChI=1S/C18H27NO4/c1-5-6-10-23-18(21)19-14(3)11-13(2)15-8-7-9-16(12-15)17(20)22-4/h7-9,12-14H,5-6,10-11H2,1-4H3,(H,19,21)/t13?,14-/m0/s1. The number of nitrogens with one attached hydrogen (secondary N) is 1. The Hall–Kier alpha value is -2.04. The van der Waals surface area contributed by atoms with E-state index in [1.165, 1.54) is 7.11 Å². The third kappa shape index (κ3) is 6.72. The average Bonchev–Trinajstić information content (AvgIpc) is 2.54. The molecule has 1 rings (SSSR count). The first kappa shape index (κ1) is 19.0. The number of hydrogen-bond donors (Lipinski definition) is 1. The first-order chi connectivity index (χ1) is 11.0. The minimum absolute atomic E-state index is 0.0130. The number of amides is 1. The molecule has 1 unspecified atom stereocenters. The van der Waals surface area contributed by atoms with Gasteiger partial charge < -0.3 is 14.8 Å². The lowest BCUT2D eigenvalue weighted by atomic mass is 9.93. The highest BCUT2D eigenvalue weighted by Gasteiger charge is 2.15. The van der Waals surface area contributed by atoms with E-state index in [-0.39, 0.29) is 24.0 Å². The number of unbranched alkanes of at least 4 members (excludes halogenated alkanes) is 1. The lowest BCUT2D eigenvalue weighted by Crippen LogP contribution is -2.34. The molecule has 1 amide bonds. The first-order valence-electron chi connectivity index (χ1n) is 8.09. The minimum Gasteiger partial charge on any atom is -0.465 e. The third-order valence-corrected chi connectivity index (χ3v) is 3.68. The second-order valence-electron chi connectivity index (χ2n) is 5.79. The summed E-state index contributed by atoms with van der Waals surface area (Å²) in [7, 11) is 1.37. The van der Waals surface area contributed by atoms with Crippen LogP contribution in [0.3, 0.4) is 0 Å². The topological polar surface area (TPSA) is 64.6 Å². The molecule has 0 spiro atoms. The Morgan fingerprint density at radius 3 is 2.65 bits per heavy atom. The predicted molar refractivity (Wildman–Crippen MR) is 89.7 cm³/mol. The van der Waals surface area contributed by atoms with Crippen molar-refractivity contribution in [2.45, 2.75) is 52.0 Å². The van der Waals surface area contributed by atoms with E-state index in [1.54, 1.807) is 6.07 Å². The molecule has 0 radical (unpaired) electrons. The summed E-state index contributed by atoms with van der Waals surface area (Å²) in [6.07, 6.45) is 2.25. The molecule has 0 heterocycles. The smallest absolute Gasteiger partial charge is 0.407 e. The Morgan fingerprint density at radius 2 is 2.00 bits per heavy atom. The van der Waals surface area contributed by atoms with Crippen LogP contribution in [0.1, 0.15) is 61.9 Å². The van der Waals surface area contributed by atoms with E-state index in [9.17, 15) is 9.59 Å². The Morgan fingerprint density at radius 1 is 1.26 bits per heavy atom. The summed E-state index contributed by atoms with van der Waals surface area (Å²) in [6, 6.07) is 7.37. The van der Waals surface area contributed by atoms with E-state index in [2.05, 4.69) is 12.2 Å². The summed E-state index contributed by atoms with van der Waals surface area (Å²) in [4.78, 5) is 23.2. The van der Waals surface area contributed by atoms with Crippen molar-refractivity contribution in [2.24, 2.45) is 0 Å². The number of methoxy groups -OCH3 is 1. The highest BCUT2D eigenvalue weighted by molar-refractivity contribution is 5.89. The van der Waals surface area contributed by atoms with Crippen LogP contribution in [0, 0.1) is 0 Å². The van der Waals surface area contributed by atoms with Gasteiger partial charge in [0.1, 0.15) is 0 Å². The molecule has 0 aliphatic heterocycles. The SMILES string of the molecule is CCCCOC(=O)N[C@@H](C)CC(C)c1cccc(C(=O)OC)c1. The van der Waals surface area contributed by atoms with Crippen LogP contribution in [0.5, 0.6) is 0 Å². The van der Waals surface area contributed by atoms with Gasteiger partial charge in [-0.3, -0.25) is 0 Å². The lowest BCUT2D eigenvalue weighted by Gasteiger charge is -2.19. The average molecular weight is 321 g/mol. The van der Waals surface area contributed by atoms with Gasteiger partial charge in [-0.1, -0.05) is 32.4 Å². The van der Waals surface area contributed by atoms with E-state index < -0.39 is 0 Å². The van der Waals surface area contributed by atoms with Gasteiger partial charge in [-0.15, -0.1) is 0 Å². The number of esters is 1. The molecule has 5 nitrogen and oxygen atoms in total. The van der Waals surface area contributed by atoms with Crippen LogP contribution in [0.25, 0.3) is 0 Å². The van der Waals surface area contributed by atoms with Crippen LogP contribution < -0.4 is 5.32 Å². The fourth-order valence-electron chi connectivity index (χ4n) is 2.37. The Labute approximate surface area is 138 Å². The zero-order valence-electron chi connectivity index (χ0n) is 14.4. The largest absolute Gasteiger partial charge is 0.465 e. The molecule has 1 aromatic carbocycles. The normalized spacial score (nSPS) is 13.0. The molecule has 128 valence electrons. The summed E-state index contributed by atoms with van der Waals surface area (Å²) in [6.45, 7) is 6.51. The maximum absolute atomic E-state index is 11.6. The van der Waals surface area contributed by atoms with Gasteiger partial charge in [0.05, 0.1) is 19.3 Å². The van der Waals surface area contributed by atoms with Gasteiger partial charge in [0.25, 0.3) is 0 Å². The van der Waals surface area contributed by atoms with Crippen LogP contribution >= 0.6 is 0 Å². The summed E-state index contributed by atoms with van der Waals surface area (Å²) < 4.78 is 9.83. The maximum atomic E-state index is 11.6. The predicted octanol–water partition coefficient (Wildman–Crippen LogP) is 3.88. The molecule has 0 bridgehead atoms. The van der Waals surface area contributed by atoms with Gasteiger partial charge in [0, 0.05) is 6.04 Å². The molecule has 1 N–H and O–H groups in total. The lowest BCUT2D eigenvalue weighted by molar-refractivity contribution is 0.0600. The highest BCUT2D eigenvalue weighted by atomic mass is 16.5. The molecule has 0 aliphatic carbocycles. The van der Waals surface area contributed by atoms with Gasteiger partial charge in [-0.2, -0.15) is 0 Å². The van der Waals surface area contributed by atoms with Gasteiger partial charge in [0.15, 0.2) is 0 Å². The van der Waals surface area contributed by atoms with Gasteiger partial charge in [0.2, 0.25) is 0 Å². The third-order valence-electron chi connectivity index (χ3n) is 3.68. The highest BCUT2D eigenvalue weighted by Crippen LogP contribution is 2.22. The van der Waals surface area contributed by atoms with Crippen molar-refractivity contribution in [3.05, 3.63) is 35.4 Å². The van der Waals surface area contributed by atoms with Gasteiger partial charge in [-0.05, 0) is 43.4 Å². The molecule has 2 atom stereocenters. The zero-order chi connectivity index (χ0) is 17.2. The van der Waals surface area contributed by atoms with E-state index in [1.807, 2.05) is 32.0 Å². The molecule has 1 aromatic rings. The number of alkyl carbamates (subject to hydrolysis) is 1. The van der Waals surface area contributed by atoms with E-state index in [4.69, 9.17) is 9.47 Å². The second-order valence-corrected chi connectivity index (χ2v) is 5.79. The zero-order valence-corrected chi connectivity index (χ0v) is 14.4. The van der Waals surface area contributed by atoms with Crippen molar-refractivity contribution in [1.82, 2.24) is 5.32 Å². The first-order valence-corrected chi connectivity index (χ1v) is 8.09. The Bertz CT molecular complexity index is 515. The molecular formula is C18H27NO4. The fourth-order valence-corrected chi connectivity index (χ4v) is 2.37. The van der Waals surface area contributed by atoms with Crippen molar-refractivity contribution >= 4 is 12.1 Å². The van der Waals surface area contributed by atoms with E-state index in [0.717, 1.165) is 24.8 Å². The van der Waals surface area contributed by atoms with Crippen molar-refractivity contribution in [1.29, 1.82) is 0 Å². The molecule has 0 fully saturated rings. The summed E-state index contributed by atoms with van der Waals surface area (Å²) in [5, 5.41) is 2.84. The van der Waals surface area contributed by atoms with Gasteiger partial charge >= 0.3 is 12.1 Å². The van der Waals surface area contributed by atoms with Crippen LogP contribution in [0.15, 0.2) is 24.3 Å². The number of hydrogen-bond acceptors (Lipinski definition) is 4. The second kappa shape index (κ2) is 9.87. The van der Waals surface area contributed by atoms with Crippen molar-refractivity contribution in [2.75, 3.05) is 13.7 Å². The number of ether oxygens (including phenoxy) is 2.